The number of hydrogen-bond acceptors (Lipinski definition) is 3. The Morgan fingerprint density at radius 1 is 1.19 bits per heavy atom. The van der Waals surface area contributed by atoms with E-state index in [4.69, 9.17) is 9.47 Å². The van der Waals surface area contributed by atoms with Gasteiger partial charge < -0.3 is 9.47 Å². The molecule has 0 saturated heterocycles. The topological polar surface area (TPSA) is 42.2 Å². The van der Waals surface area contributed by atoms with Gasteiger partial charge in [0, 0.05) is 0 Å². The van der Waals surface area contributed by atoms with Crippen LogP contribution in [0.4, 0.5) is 0 Å². The Balaban J connectivity index is 2.09. The molecule has 3 nitrogen and oxygen atoms in total. The smallest absolute Gasteiger partial charge is 0.161 e. The third-order valence-electron chi connectivity index (χ3n) is 4.23. The zero-order chi connectivity index (χ0) is 15.1. The van der Waals surface area contributed by atoms with Crippen molar-refractivity contribution in [1.82, 2.24) is 0 Å². The van der Waals surface area contributed by atoms with Crippen molar-refractivity contribution in [2.24, 2.45) is 11.8 Å². The van der Waals surface area contributed by atoms with E-state index in [0.717, 1.165) is 43.6 Å². The maximum atomic E-state index is 9.35. The van der Waals surface area contributed by atoms with Gasteiger partial charge in [-0.2, -0.15) is 5.26 Å². The first-order chi connectivity index (χ1) is 10.3. The van der Waals surface area contributed by atoms with Gasteiger partial charge in [-0.25, -0.2) is 0 Å². The van der Waals surface area contributed by atoms with E-state index in [0.29, 0.717) is 12.5 Å². The van der Waals surface area contributed by atoms with Crippen LogP contribution < -0.4 is 9.47 Å². The SMILES string of the molecule is CCCOc1ccccc1OC1CC(CC)CCC1C#N. The third-order valence-corrected chi connectivity index (χ3v) is 4.23. The molecule has 1 aliphatic carbocycles. The summed E-state index contributed by atoms with van der Waals surface area (Å²) in [5, 5.41) is 9.35. The maximum Gasteiger partial charge on any atom is 0.161 e. The molecule has 0 N–H and O–H groups in total. The molecule has 0 amide bonds. The fourth-order valence-corrected chi connectivity index (χ4v) is 2.90. The molecule has 3 atom stereocenters. The lowest BCUT2D eigenvalue weighted by atomic mass is 9.79. The lowest BCUT2D eigenvalue weighted by molar-refractivity contribution is 0.0854. The van der Waals surface area contributed by atoms with Crippen LogP contribution in [0.5, 0.6) is 11.5 Å². The van der Waals surface area contributed by atoms with Gasteiger partial charge in [0.25, 0.3) is 0 Å². The molecule has 2 rings (SSSR count). The first-order valence-corrected chi connectivity index (χ1v) is 8.06. The van der Waals surface area contributed by atoms with Crippen molar-refractivity contribution in [3.8, 4) is 17.6 Å². The lowest BCUT2D eigenvalue weighted by Gasteiger charge is -2.32. The molecule has 0 aliphatic heterocycles. The molecule has 0 radical (unpaired) electrons. The zero-order valence-electron chi connectivity index (χ0n) is 13.0. The molecule has 0 aromatic heterocycles. The summed E-state index contributed by atoms with van der Waals surface area (Å²) in [5.41, 5.74) is 0. The van der Waals surface area contributed by atoms with Crippen molar-refractivity contribution < 1.29 is 9.47 Å². The van der Waals surface area contributed by atoms with Gasteiger partial charge in [0.05, 0.1) is 18.6 Å². The largest absolute Gasteiger partial charge is 0.490 e. The molecule has 3 unspecified atom stereocenters. The quantitative estimate of drug-likeness (QED) is 0.769. The van der Waals surface area contributed by atoms with Crippen LogP contribution in [0, 0.1) is 23.2 Å². The second kappa shape index (κ2) is 7.93. The van der Waals surface area contributed by atoms with Gasteiger partial charge in [-0.05, 0) is 43.7 Å². The second-order valence-corrected chi connectivity index (χ2v) is 5.77. The maximum absolute atomic E-state index is 9.35. The highest BCUT2D eigenvalue weighted by Gasteiger charge is 2.31. The van der Waals surface area contributed by atoms with E-state index < -0.39 is 0 Å². The summed E-state index contributed by atoms with van der Waals surface area (Å²) in [6.07, 6.45) is 5.17. The predicted molar refractivity (Wildman–Crippen MR) is 83.4 cm³/mol. The Morgan fingerprint density at radius 2 is 1.95 bits per heavy atom. The average Bonchev–Trinajstić information content (AvgIpc) is 2.54. The van der Waals surface area contributed by atoms with Gasteiger partial charge in [0.15, 0.2) is 11.5 Å². The highest BCUT2D eigenvalue weighted by molar-refractivity contribution is 5.39. The van der Waals surface area contributed by atoms with Gasteiger partial charge in [0.2, 0.25) is 0 Å². The van der Waals surface area contributed by atoms with Gasteiger partial charge in [-0.1, -0.05) is 32.4 Å². The molecular weight excluding hydrogens is 262 g/mol. The standard InChI is InChI=1S/C18H25NO2/c1-3-11-20-16-7-5-6-8-17(16)21-18-12-14(4-2)9-10-15(18)13-19/h5-8,14-15,18H,3-4,9-12H2,1-2H3. The van der Waals surface area contributed by atoms with Crippen LogP contribution in [0.2, 0.25) is 0 Å². The Labute approximate surface area is 127 Å². The molecule has 1 aromatic rings. The van der Waals surface area contributed by atoms with Crippen molar-refractivity contribution in [2.75, 3.05) is 6.61 Å². The van der Waals surface area contributed by atoms with Crippen LogP contribution in [0.1, 0.15) is 46.0 Å². The Morgan fingerprint density at radius 3 is 2.62 bits per heavy atom. The van der Waals surface area contributed by atoms with Crippen LogP contribution in [0.25, 0.3) is 0 Å². The van der Waals surface area contributed by atoms with Crippen molar-refractivity contribution >= 4 is 0 Å². The molecule has 3 heteroatoms. The van der Waals surface area contributed by atoms with Gasteiger partial charge in [-0.3, -0.25) is 0 Å². The molecule has 114 valence electrons. The van der Waals surface area contributed by atoms with Crippen LogP contribution >= 0.6 is 0 Å². The van der Waals surface area contributed by atoms with Gasteiger partial charge >= 0.3 is 0 Å². The molecular formula is C18H25NO2. The summed E-state index contributed by atoms with van der Waals surface area (Å²) >= 11 is 0. The van der Waals surface area contributed by atoms with Crippen LogP contribution in [0.3, 0.4) is 0 Å². The minimum atomic E-state index is -0.0138. The molecule has 0 heterocycles. The molecule has 1 aliphatic rings. The van der Waals surface area contributed by atoms with Crippen molar-refractivity contribution in [2.45, 2.75) is 52.1 Å². The summed E-state index contributed by atoms with van der Waals surface area (Å²) < 4.78 is 11.9. The summed E-state index contributed by atoms with van der Waals surface area (Å²) in [5.74, 6) is 2.22. The van der Waals surface area contributed by atoms with E-state index in [1.54, 1.807) is 0 Å². The average molecular weight is 287 g/mol. The number of nitrogens with zero attached hydrogens (tertiary/aromatic N) is 1. The zero-order valence-corrected chi connectivity index (χ0v) is 13.0. The number of rotatable bonds is 6. The molecule has 1 fully saturated rings. The molecule has 0 bridgehead atoms. The highest BCUT2D eigenvalue weighted by atomic mass is 16.5. The monoisotopic (exact) mass is 287 g/mol. The molecule has 0 spiro atoms. The lowest BCUT2D eigenvalue weighted by Crippen LogP contribution is -2.33. The number of hydrogen-bond donors (Lipinski definition) is 0. The molecule has 1 saturated carbocycles. The van der Waals surface area contributed by atoms with Gasteiger partial charge in [0.1, 0.15) is 6.10 Å². The minimum Gasteiger partial charge on any atom is -0.490 e. The number of benzene rings is 1. The van der Waals surface area contributed by atoms with Crippen molar-refractivity contribution in [3.05, 3.63) is 24.3 Å². The first-order valence-electron chi connectivity index (χ1n) is 8.06. The Kier molecular flexibility index (Phi) is 5.92. The van der Waals surface area contributed by atoms with Crippen LogP contribution in [0.15, 0.2) is 24.3 Å². The highest BCUT2D eigenvalue weighted by Crippen LogP contribution is 2.36. The van der Waals surface area contributed by atoms with Crippen molar-refractivity contribution in [1.29, 1.82) is 5.26 Å². The summed E-state index contributed by atoms with van der Waals surface area (Å²) in [6, 6.07) is 10.2. The van der Waals surface area contributed by atoms with Gasteiger partial charge in [-0.15, -0.1) is 0 Å². The number of ether oxygens (including phenoxy) is 2. The van der Waals surface area contributed by atoms with E-state index in [1.807, 2.05) is 24.3 Å². The van der Waals surface area contributed by atoms with E-state index in [2.05, 4.69) is 19.9 Å². The van der Waals surface area contributed by atoms with E-state index in [-0.39, 0.29) is 12.0 Å². The predicted octanol–water partition coefficient (Wildman–Crippen LogP) is 4.57. The first kappa shape index (κ1) is 15.7. The number of para-hydroxylation sites is 2. The Hall–Kier alpha value is -1.69. The summed E-state index contributed by atoms with van der Waals surface area (Å²) in [7, 11) is 0. The summed E-state index contributed by atoms with van der Waals surface area (Å²) in [4.78, 5) is 0. The van der Waals surface area contributed by atoms with Crippen LogP contribution in [-0.2, 0) is 0 Å². The van der Waals surface area contributed by atoms with Crippen molar-refractivity contribution in [3.63, 3.8) is 0 Å². The molecule has 21 heavy (non-hydrogen) atoms. The van der Waals surface area contributed by atoms with E-state index in [9.17, 15) is 5.26 Å². The number of nitriles is 1. The van der Waals surface area contributed by atoms with Crippen LogP contribution in [-0.4, -0.2) is 12.7 Å². The fourth-order valence-electron chi connectivity index (χ4n) is 2.90. The molecule has 1 aromatic carbocycles. The fraction of sp³-hybridized carbons (Fsp3) is 0.611. The minimum absolute atomic E-state index is 0.00738. The van der Waals surface area contributed by atoms with E-state index in [1.165, 1.54) is 0 Å². The second-order valence-electron chi connectivity index (χ2n) is 5.77. The third kappa shape index (κ3) is 4.14. The summed E-state index contributed by atoms with van der Waals surface area (Å²) in [6.45, 7) is 4.99. The normalized spacial score (nSPS) is 25.1. The van der Waals surface area contributed by atoms with E-state index >= 15 is 0 Å². The Bertz CT molecular complexity index is 480.